The SMILES string of the molecule is CN(C(=O)OC(C)(C)C)c1cc(Nc2cccn(C3CCN(CCF)CC3)c2=O)cc2c(C(=O)NC3CC3)cnn12. The highest BCUT2D eigenvalue weighted by atomic mass is 19.1. The summed E-state index contributed by atoms with van der Waals surface area (Å²) in [6.45, 7) is 6.87. The predicted octanol–water partition coefficient (Wildman–Crippen LogP) is 4.11. The summed E-state index contributed by atoms with van der Waals surface area (Å²) < 4.78 is 21.6. The van der Waals surface area contributed by atoms with Gasteiger partial charge in [-0.2, -0.15) is 5.10 Å². The number of piperidine rings is 1. The fraction of sp³-hybridized carbons (Fsp3) is 0.517. The molecule has 3 aromatic heterocycles. The van der Waals surface area contributed by atoms with Crippen molar-refractivity contribution in [2.75, 3.05) is 43.6 Å². The van der Waals surface area contributed by atoms with Crippen LogP contribution in [0.2, 0.25) is 0 Å². The minimum absolute atomic E-state index is 0.0176. The number of carbonyl (C=O) groups excluding carboxylic acids is 2. The van der Waals surface area contributed by atoms with Gasteiger partial charge in [0.25, 0.3) is 11.5 Å². The lowest BCUT2D eigenvalue weighted by Gasteiger charge is -2.32. The Labute approximate surface area is 238 Å². The minimum atomic E-state index is -0.711. The van der Waals surface area contributed by atoms with Crippen molar-refractivity contribution in [2.24, 2.45) is 0 Å². The van der Waals surface area contributed by atoms with Gasteiger partial charge in [0.15, 0.2) is 0 Å². The summed E-state index contributed by atoms with van der Waals surface area (Å²) in [5.41, 5.74) is 0.823. The standard InChI is InChI=1S/C29H38FN7O4/c1-29(2,3)41-28(40)34(4)25-17-20(16-24-22(18-31-37(24)25)26(38)33-19-7-8-19)32-23-6-5-12-36(27(23)39)21-9-13-35(14-10-21)15-11-30/h5-6,12,16-19,21,32H,7-11,13-15H2,1-4H3,(H,33,38). The number of halogens is 1. The molecule has 2 amide bonds. The van der Waals surface area contributed by atoms with Crippen LogP contribution in [0.15, 0.2) is 41.5 Å². The van der Waals surface area contributed by atoms with E-state index >= 15 is 0 Å². The van der Waals surface area contributed by atoms with Crippen LogP contribution < -0.4 is 21.1 Å². The van der Waals surface area contributed by atoms with Crippen LogP contribution in [0.1, 0.15) is 62.9 Å². The van der Waals surface area contributed by atoms with Crippen molar-refractivity contribution in [1.82, 2.24) is 24.4 Å². The molecule has 4 heterocycles. The summed E-state index contributed by atoms with van der Waals surface area (Å²) in [7, 11) is 1.57. The maximum Gasteiger partial charge on any atom is 0.415 e. The van der Waals surface area contributed by atoms with Gasteiger partial charge in [-0.05, 0) is 64.7 Å². The summed E-state index contributed by atoms with van der Waals surface area (Å²) >= 11 is 0. The van der Waals surface area contributed by atoms with Crippen molar-refractivity contribution in [3.8, 4) is 0 Å². The highest BCUT2D eigenvalue weighted by Gasteiger charge is 2.28. The Hall–Kier alpha value is -3.93. The number of aromatic nitrogens is 3. The lowest BCUT2D eigenvalue weighted by molar-refractivity contribution is 0.0587. The van der Waals surface area contributed by atoms with Gasteiger partial charge in [-0.15, -0.1) is 0 Å². The normalized spacial score (nSPS) is 16.5. The van der Waals surface area contributed by atoms with Gasteiger partial charge in [0.1, 0.15) is 23.8 Å². The number of rotatable bonds is 8. The number of carbonyl (C=O) groups is 2. The molecule has 0 aromatic carbocycles. The smallest absolute Gasteiger partial charge is 0.415 e. The first-order chi connectivity index (χ1) is 19.5. The van der Waals surface area contributed by atoms with Gasteiger partial charge in [0.2, 0.25) is 0 Å². The fourth-order valence-electron chi connectivity index (χ4n) is 5.06. The van der Waals surface area contributed by atoms with E-state index in [1.165, 1.54) is 15.6 Å². The summed E-state index contributed by atoms with van der Waals surface area (Å²) in [5.74, 6) is 0.118. The molecule has 41 heavy (non-hydrogen) atoms. The van der Waals surface area contributed by atoms with Gasteiger partial charge in [-0.3, -0.25) is 14.5 Å². The molecule has 2 fully saturated rings. The molecule has 220 valence electrons. The molecule has 5 rings (SSSR count). The molecule has 0 spiro atoms. The van der Waals surface area contributed by atoms with Crippen molar-refractivity contribution in [3.63, 3.8) is 0 Å². The molecule has 0 bridgehead atoms. The van der Waals surface area contributed by atoms with Gasteiger partial charge in [0, 0.05) is 56.7 Å². The zero-order chi connectivity index (χ0) is 29.3. The van der Waals surface area contributed by atoms with Crippen molar-refractivity contribution in [1.29, 1.82) is 0 Å². The van der Waals surface area contributed by atoms with E-state index in [4.69, 9.17) is 4.74 Å². The van der Waals surface area contributed by atoms with Crippen LogP contribution in [0, 0.1) is 0 Å². The first kappa shape index (κ1) is 28.6. The molecule has 1 aliphatic carbocycles. The molecule has 12 heteroatoms. The van der Waals surface area contributed by atoms with Crippen LogP contribution >= 0.6 is 0 Å². The van der Waals surface area contributed by atoms with E-state index in [0.717, 1.165) is 38.8 Å². The second-order valence-electron chi connectivity index (χ2n) is 11.8. The number of anilines is 3. The summed E-state index contributed by atoms with van der Waals surface area (Å²) in [4.78, 5) is 42.9. The fourth-order valence-corrected chi connectivity index (χ4v) is 5.06. The second-order valence-corrected chi connectivity index (χ2v) is 11.8. The Morgan fingerprint density at radius 3 is 2.56 bits per heavy atom. The van der Waals surface area contributed by atoms with Crippen LogP contribution in [0.4, 0.5) is 26.4 Å². The number of amides is 2. The van der Waals surface area contributed by atoms with E-state index in [1.807, 2.05) is 6.07 Å². The van der Waals surface area contributed by atoms with Gasteiger partial charge in [-0.25, -0.2) is 13.7 Å². The molecule has 3 aromatic rings. The summed E-state index contributed by atoms with van der Waals surface area (Å²) in [6.07, 6.45) is 6.08. The van der Waals surface area contributed by atoms with Crippen molar-refractivity contribution < 1.29 is 18.7 Å². The van der Waals surface area contributed by atoms with E-state index in [9.17, 15) is 18.8 Å². The number of alkyl halides is 1. The van der Waals surface area contributed by atoms with Crippen LogP contribution in [0.25, 0.3) is 5.52 Å². The van der Waals surface area contributed by atoms with E-state index in [0.29, 0.717) is 34.8 Å². The average molecular weight is 568 g/mol. The number of nitrogens with zero attached hydrogens (tertiary/aromatic N) is 5. The Morgan fingerprint density at radius 2 is 1.90 bits per heavy atom. The average Bonchev–Trinajstić information content (AvgIpc) is 3.63. The molecular weight excluding hydrogens is 529 g/mol. The quantitative estimate of drug-likeness (QED) is 0.421. The molecule has 2 N–H and O–H groups in total. The Balaban J connectivity index is 1.48. The van der Waals surface area contributed by atoms with Crippen LogP contribution in [-0.2, 0) is 4.74 Å². The zero-order valence-electron chi connectivity index (χ0n) is 24.0. The lowest BCUT2D eigenvalue weighted by Crippen LogP contribution is -2.38. The molecule has 1 saturated heterocycles. The second kappa shape index (κ2) is 11.5. The lowest BCUT2D eigenvalue weighted by atomic mass is 10.0. The zero-order valence-corrected chi connectivity index (χ0v) is 24.0. The highest BCUT2D eigenvalue weighted by Crippen LogP contribution is 2.29. The minimum Gasteiger partial charge on any atom is -0.443 e. The molecule has 1 aliphatic heterocycles. The van der Waals surface area contributed by atoms with Crippen molar-refractivity contribution in [2.45, 2.75) is 64.1 Å². The molecule has 2 aliphatic rings. The van der Waals surface area contributed by atoms with Gasteiger partial charge in [-0.1, -0.05) is 0 Å². The maximum atomic E-state index is 13.5. The largest absolute Gasteiger partial charge is 0.443 e. The third-order valence-electron chi connectivity index (χ3n) is 7.37. The maximum absolute atomic E-state index is 13.5. The Kier molecular flexibility index (Phi) is 8.03. The van der Waals surface area contributed by atoms with Crippen molar-refractivity contribution in [3.05, 3.63) is 52.6 Å². The molecule has 0 atom stereocenters. The highest BCUT2D eigenvalue weighted by molar-refractivity contribution is 6.02. The summed E-state index contributed by atoms with van der Waals surface area (Å²) in [5, 5.41) is 10.6. The summed E-state index contributed by atoms with van der Waals surface area (Å²) in [6, 6.07) is 7.14. The van der Waals surface area contributed by atoms with E-state index in [2.05, 4.69) is 20.6 Å². The number of pyridine rings is 2. The third kappa shape index (κ3) is 6.53. The number of likely N-dealkylation sites (tertiary alicyclic amines) is 1. The predicted molar refractivity (Wildman–Crippen MR) is 155 cm³/mol. The Morgan fingerprint density at radius 1 is 1.17 bits per heavy atom. The van der Waals surface area contributed by atoms with E-state index < -0.39 is 11.7 Å². The van der Waals surface area contributed by atoms with Crippen LogP contribution in [-0.4, -0.2) is 76.1 Å². The Bertz CT molecular complexity index is 1480. The van der Waals surface area contributed by atoms with Crippen LogP contribution in [0.3, 0.4) is 0 Å². The molecule has 1 saturated carbocycles. The van der Waals surface area contributed by atoms with E-state index in [1.54, 1.807) is 56.8 Å². The number of hydrogen-bond acceptors (Lipinski definition) is 7. The monoisotopic (exact) mass is 567 g/mol. The van der Waals surface area contributed by atoms with Gasteiger partial charge < -0.3 is 24.8 Å². The molecule has 11 nitrogen and oxygen atoms in total. The number of fused-ring (bicyclic) bond motifs is 1. The number of nitrogens with one attached hydrogen (secondary N) is 2. The van der Waals surface area contributed by atoms with Crippen molar-refractivity contribution >= 4 is 34.7 Å². The van der Waals surface area contributed by atoms with Gasteiger partial charge in [0.05, 0.1) is 17.3 Å². The number of ether oxygens (including phenoxy) is 1. The molecule has 0 radical (unpaired) electrons. The van der Waals surface area contributed by atoms with Crippen LogP contribution in [0.5, 0.6) is 0 Å². The third-order valence-corrected chi connectivity index (χ3v) is 7.37. The first-order valence-electron chi connectivity index (χ1n) is 14.1. The van der Waals surface area contributed by atoms with E-state index in [-0.39, 0.29) is 30.2 Å². The molecule has 0 unspecified atom stereocenters. The first-order valence-corrected chi connectivity index (χ1v) is 14.1. The molecular formula is C29H38FN7O4. The topological polar surface area (TPSA) is 113 Å². The number of hydrogen-bond donors (Lipinski definition) is 2. The van der Waals surface area contributed by atoms with Gasteiger partial charge >= 0.3 is 6.09 Å².